The summed E-state index contributed by atoms with van der Waals surface area (Å²) in [7, 11) is -0.724. The maximum Gasteiger partial charge on any atom is 0.216 e. The fraction of sp³-hybridized carbons (Fsp3) is 0.357. The van der Waals surface area contributed by atoms with Crippen LogP contribution in [0.25, 0.3) is 0 Å². The number of aliphatic hydroxyl groups is 1. The molecule has 0 aliphatic rings. The van der Waals surface area contributed by atoms with E-state index in [-0.39, 0.29) is 11.6 Å². The number of methoxy groups -OCH3 is 1. The highest BCUT2D eigenvalue weighted by atomic mass is 28.4. The smallest absolute Gasteiger partial charge is 0.216 e. The normalized spacial score (nSPS) is 14.3. The lowest BCUT2D eigenvalue weighted by Crippen LogP contribution is -2.59. The second kappa shape index (κ2) is 10.6. The second-order valence-corrected chi connectivity index (χ2v) is 13.3. The lowest BCUT2D eigenvalue weighted by atomic mass is 9.69. The summed E-state index contributed by atoms with van der Waals surface area (Å²) in [5, 5.41) is 10.5. The van der Waals surface area contributed by atoms with Crippen LogP contribution < -0.4 is 0 Å². The zero-order chi connectivity index (χ0) is 23.2. The SMILES string of the molecule is CO[C@@H](C(c1ccccc1)(c1ccccc1)c1ccccc1)[Si](C)(C)OC[C@@H](O)C(C)C. The quantitative estimate of drug-likeness (QED) is 0.314. The summed E-state index contributed by atoms with van der Waals surface area (Å²) in [5.41, 5.74) is 2.70. The van der Waals surface area contributed by atoms with Crippen molar-refractivity contribution in [2.75, 3.05) is 13.7 Å². The van der Waals surface area contributed by atoms with Crippen LogP contribution in [0, 0.1) is 5.92 Å². The molecule has 0 aliphatic carbocycles. The summed E-state index contributed by atoms with van der Waals surface area (Å²) in [6.07, 6.45) is -0.501. The minimum Gasteiger partial charge on any atom is -0.412 e. The molecule has 170 valence electrons. The highest BCUT2D eigenvalue weighted by molar-refractivity contribution is 6.73. The average molecular weight is 449 g/mol. The third-order valence-corrected chi connectivity index (χ3v) is 9.19. The number of ether oxygens (including phenoxy) is 1. The fourth-order valence-corrected chi connectivity index (χ4v) is 7.47. The first-order valence-corrected chi connectivity index (χ1v) is 14.3. The van der Waals surface area contributed by atoms with Gasteiger partial charge in [-0.2, -0.15) is 0 Å². The number of aliphatic hydroxyl groups excluding tert-OH is 1. The van der Waals surface area contributed by atoms with Gasteiger partial charge in [-0.05, 0) is 35.7 Å². The van der Waals surface area contributed by atoms with Crippen LogP contribution in [0.2, 0.25) is 13.1 Å². The van der Waals surface area contributed by atoms with Crippen molar-refractivity contribution in [2.24, 2.45) is 5.92 Å². The van der Waals surface area contributed by atoms with E-state index in [1.807, 2.05) is 32.0 Å². The summed E-state index contributed by atoms with van der Waals surface area (Å²) >= 11 is 0. The minimum atomic E-state index is -2.51. The van der Waals surface area contributed by atoms with Gasteiger partial charge in [-0.3, -0.25) is 0 Å². The first-order valence-electron chi connectivity index (χ1n) is 11.4. The average Bonchev–Trinajstić information content (AvgIpc) is 2.82. The Morgan fingerprint density at radius 3 is 1.44 bits per heavy atom. The Morgan fingerprint density at radius 1 is 0.750 bits per heavy atom. The first kappa shape index (κ1) is 24.4. The molecule has 0 aromatic heterocycles. The van der Waals surface area contributed by atoms with Crippen LogP contribution in [-0.4, -0.2) is 39.0 Å². The predicted molar refractivity (Wildman–Crippen MR) is 134 cm³/mol. The molecule has 0 saturated heterocycles. The summed E-state index contributed by atoms with van der Waals surface area (Å²) < 4.78 is 12.9. The van der Waals surface area contributed by atoms with Crippen LogP contribution in [0.15, 0.2) is 91.0 Å². The number of hydrogen-bond donors (Lipinski definition) is 1. The molecule has 32 heavy (non-hydrogen) atoms. The van der Waals surface area contributed by atoms with Gasteiger partial charge in [0.05, 0.1) is 23.9 Å². The molecule has 0 radical (unpaired) electrons. The van der Waals surface area contributed by atoms with Crippen molar-refractivity contribution in [1.82, 2.24) is 0 Å². The van der Waals surface area contributed by atoms with Gasteiger partial charge in [-0.25, -0.2) is 0 Å². The molecule has 0 amide bonds. The molecule has 0 bridgehead atoms. The molecule has 0 aliphatic heterocycles. The maximum absolute atomic E-state index is 10.5. The molecular formula is C28H36O3Si. The van der Waals surface area contributed by atoms with Crippen LogP contribution >= 0.6 is 0 Å². The standard InChI is InChI=1S/C28H36O3Si/c1-22(2)26(29)21-31-32(4,5)27(30-3)28(23-15-9-6-10-16-23,24-17-11-7-12-18-24)25-19-13-8-14-20-25/h6-20,22,26-27,29H,21H2,1-5H3/t26-,27-/m1/s1. The molecule has 0 unspecified atom stereocenters. The van der Waals surface area contributed by atoms with Crippen molar-refractivity contribution in [3.63, 3.8) is 0 Å². The Labute approximate surface area is 194 Å². The molecule has 0 saturated carbocycles. The van der Waals surface area contributed by atoms with Crippen molar-refractivity contribution in [3.05, 3.63) is 108 Å². The van der Waals surface area contributed by atoms with Gasteiger partial charge >= 0.3 is 0 Å². The summed E-state index contributed by atoms with van der Waals surface area (Å²) in [6.45, 7) is 8.72. The molecule has 3 aromatic rings. The van der Waals surface area contributed by atoms with Gasteiger partial charge in [-0.1, -0.05) is 105 Å². The zero-order valence-corrected chi connectivity index (χ0v) is 20.9. The largest absolute Gasteiger partial charge is 0.412 e. The van der Waals surface area contributed by atoms with Crippen LogP contribution in [0.4, 0.5) is 0 Å². The Hall–Kier alpha value is -2.24. The van der Waals surface area contributed by atoms with E-state index in [4.69, 9.17) is 9.16 Å². The Morgan fingerprint density at radius 2 is 1.12 bits per heavy atom. The van der Waals surface area contributed by atoms with Crippen molar-refractivity contribution in [2.45, 2.75) is 44.2 Å². The maximum atomic E-state index is 10.5. The first-order chi connectivity index (χ1) is 15.3. The number of benzene rings is 3. The topological polar surface area (TPSA) is 38.7 Å². The van der Waals surface area contributed by atoms with E-state index >= 15 is 0 Å². The van der Waals surface area contributed by atoms with Gasteiger partial charge in [-0.15, -0.1) is 0 Å². The molecule has 2 atom stereocenters. The van der Waals surface area contributed by atoms with Crippen molar-refractivity contribution in [3.8, 4) is 0 Å². The molecule has 1 N–H and O–H groups in total. The van der Waals surface area contributed by atoms with Crippen molar-refractivity contribution < 1.29 is 14.3 Å². The monoisotopic (exact) mass is 448 g/mol. The van der Waals surface area contributed by atoms with Crippen LogP contribution in [0.5, 0.6) is 0 Å². The fourth-order valence-electron chi connectivity index (χ4n) is 4.61. The predicted octanol–water partition coefficient (Wildman–Crippen LogP) is 5.81. The van der Waals surface area contributed by atoms with E-state index in [1.54, 1.807) is 7.11 Å². The Bertz CT molecular complexity index is 846. The van der Waals surface area contributed by atoms with Crippen LogP contribution in [0.1, 0.15) is 30.5 Å². The minimum absolute atomic E-state index is 0.142. The summed E-state index contributed by atoms with van der Waals surface area (Å²) in [4.78, 5) is 0. The summed E-state index contributed by atoms with van der Waals surface area (Å²) in [5.74, 6) is 0.142. The molecule has 0 spiro atoms. The van der Waals surface area contributed by atoms with Gasteiger partial charge in [0.2, 0.25) is 8.32 Å². The molecule has 3 rings (SSSR count). The third kappa shape index (κ3) is 4.89. The van der Waals surface area contributed by atoms with Crippen molar-refractivity contribution >= 4 is 8.32 Å². The third-order valence-electron chi connectivity index (χ3n) is 6.34. The van der Waals surface area contributed by atoms with E-state index in [0.717, 1.165) is 16.7 Å². The van der Waals surface area contributed by atoms with E-state index in [0.29, 0.717) is 6.61 Å². The highest BCUT2D eigenvalue weighted by Gasteiger charge is 2.53. The van der Waals surface area contributed by atoms with Gasteiger partial charge in [0.15, 0.2) is 0 Å². The van der Waals surface area contributed by atoms with E-state index in [1.165, 1.54) is 0 Å². The molecule has 0 heterocycles. The molecular weight excluding hydrogens is 412 g/mol. The van der Waals surface area contributed by atoms with E-state index < -0.39 is 19.8 Å². The van der Waals surface area contributed by atoms with E-state index in [9.17, 15) is 5.11 Å². The molecule has 3 nitrogen and oxygen atoms in total. The van der Waals surface area contributed by atoms with E-state index in [2.05, 4.69) is 85.9 Å². The van der Waals surface area contributed by atoms with Crippen LogP contribution in [-0.2, 0) is 14.6 Å². The molecule has 0 fully saturated rings. The lowest BCUT2D eigenvalue weighted by Gasteiger charge is -2.47. The van der Waals surface area contributed by atoms with Gasteiger partial charge in [0, 0.05) is 7.11 Å². The number of rotatable bonds is 10. The second-order valence-electron chi connectivity index (χ2n) is 9.25. The highest BCUT2D eigenvalue weighted by Crippen LogP contribution is 2.46. The van der Waals surface area contributed by atoms with Crippen LogP contribution in [0.3, 0.4) is 0 Å². The Kier molecular flexibility index (Phi) is 8.07. The summed E-state index contributed by atoms with van der Waals surface area (Å²) in [6, 6.07) is 31.7. The van der Waals surface area contributed by atoms with Crippen molar-refractivity contribution in [1.29, 1.82) is 0 Å². The molecule has 4 heteroatoms. The van der Waals surface area contributed by atoms with Gasteiger partial charge in [0.25, 0.3) is 0 Å². The Balaban J connectivity index is 2.25. The van der Waals surface area contributed by atoms with Gasteiger partial charge in [0.1, 0.15) is 0 Å². The lowest BCUT2D eigenvalue weighted by molar-refractivity contribution is 0.0470. The van der Waals surface area contributed by atoms with Gasteiger partial charge < -0.3 is 14.3 Å². The zero-order valence-electron chi connectivity index (χ0n) is 19.9. The molecule has 3 aromatic carbocycles. The number of hydrogen-bond acceptors (Lipinski definition) is 3.